The number of carbonyl (C=O) groups is 1. The van der Waals surface area contributed by atoms with Crippen LogP contribution in [0, 0.1) is 17.2 Å². The molecule has 0 unspecified atom stereocenters. The average Bonchev–Trinajstić information content (AvgIpc) is 3.27. The van der Waals surface area contributed by atoms with Gasteiger partial charge in [0.2, 0.25) is 15.8 Å². The molecule has 1 aromatic carbocycles. The van der Waals surface area contributed by atoms with Crippen molar-refractivity contribution in [2.24, 2.45) is 5.92 Å². The number of nitrogens with one attached hydrogen (secondary N) is 1. The van der Waals surface area contributed by atoms with Crippen LogP contribution >= 0.6 is 0 Å². The third kappa shape index (κ3) is 5.63. The molecule has 0 atom stereocenters. The van der Waals surface area contributed by atoms with Crippen molar-refractivity contribution >= 4 is 33.2 Å². The highest BCUT2D eigenvalue weighted by molar-refractivity contribution is 7.88. The lowest BCUT2D eigenvalue weighted by Crippen LogP contribution is -2.48. The van der Waals surface area contributed by atoms with Crippen LogP contribution in [0.3, 0.4) is 0 Å². The van der Waals surface area contributed by atoms with E-state index in [1.165, 1.54) is 22.7 Å². The summed E-state index contributed by atoms with van der Waals surface area (Å²) in [5, 5.41) is 11.7. The molecule has 0 saturated carbocycles. The summed E-state index contributed by atoms with van der Waals surface area (Å²) < 4.78 is 35.5. The fourth-order valence-corrected chi connectivity index (χ4v) is 5.10. The number of nitriles is 1. The quantitative estimate of drug-likeness (QED) is 0.683. The first kappa shape index (κ1) is 23.9. The molecule has 11 heteroatoms. The summed E-state index contributed by atoms with van der Waals surface area (Å²) in [6.45, 7) is 6.06. The van der Waals surface area contributed by atoms with E-state index >= 15 is 0 Å². The number of piperidine rings is 1. The fraction of sp³-hybridized carbons (Fsp3) is 0.478. The van der Waals surface area contributed by atoms with Crippen molar-refractivity contribution in [3.63, 3.8) is 0 Å². The molecule has 1 N–H and O–H groups in total. The first-order valence-corrected chi connectivity index (χ1v) is 13.2. The van der Waals surface area contributed by atoms with Gasteiger partial charge in [0.1, 0.15) is 6.07 Å². The molecular weight excluding hydrogens is 458 g/mol. The van der Waals surface area contributed by atoms with Crippen LogP contribution in [-0.4, -0.2) is 64.3 Å². The third-order valence-corrected chi connectivity index (χ3v) is 7.60. The van der Waals surface area contributed by atoms with Gasteiger partial charge in [-0.2, -0.15) is 9.57 Å². The minimum Gasteiger partial charge on any atom is -0.414 e. The molecule has 182 valence electrons. The molecule has 0 bridgehead atoms. The molecule has 34 heavy (non-hydrogen) atoms. The largest absolute Gasteiger partial charge is 0.419 e. The summed E-state index contributed by atoms with van der Waals surface area (Å²) in [5.74, 6) is 0.659. The molecule has 4 rings (SSSR count). The number of rotatable bonds is 5. The van der Waals surface area contributed by atoms with Gasteiger partial charge in [-0.25, -0.2) is 13.2 Å². The molecule has 10 nitrogen and oxygen atoms in total. The van der Waals surface area contributed by atoms with E-state index in [-0.39, 0.29) is 11.7 Å². The highest BCUT2D eigenvalue weighted by atomic mass is 32.2. The van der Waals surface area contributed by atoms with Crippen LogP contribution in [0.2, 0.25) is 0 Å². The number of piperazine rings is 1. The van der Waals surface area contributed by atoms with Crippen LogP contribution in [0.25, 0.3) is 0 Å². The van der Waals surface area contributed by atoms with E-state index in [0.717, 1.165) is 37.3 Å². The van der Waals surface area contributed by atoms with Crippen molar-refractivity contribution in [3.05, 3.63) is 36.1 Å². The highest BCUT2D eigenvalue weighted by Crippen LogP contribution is 2.34. The van der Waals surface area contributed by atoms with E-state index in [1.807, 2.05) is 24.3 Å². The number of carbonyl (C=O) groups excluding carboxylic acids is 1. The van der Waals surface area contributed by atoms with Crippen LogP contribution in [0.1, 0.15) is 25.5 Å². The van der Waals surface area contributed by atoms with Crippen molar-refractivity contribution in [1.82, 2.24) is 4.31 Å². The first-order valence-electron chi connectivity index (χ1n) is 11.3. The van der Waals surface area contributed by atoms with Gasteiger partial charge in [-0.05, 0) is 43.0 Å². The molecule has 2 aliphatic rings. The Morgan fingerprint density at radius 1 is 1.09 bits per heavy atom. The molecule has 1 aromatic heterocycles. The molecular formula is C23H29N5O5S. The Kier molecular flexibility index (Phi) is 7.00. The van der Waals surface area contributed by atoms with Gasteiger partial charge in [-0.3, -0.25) is 5.32 Å². The van der Waals surface area contributed by atoms with Crippen molar-refractivity contribution in [2.45, 2.75) is 19.8 Å². The first-order chi connectivity index (χ1) is 16.2. The number of benzene rings is 1. The normalized spacial score (nSPS) is 17.9. The molecule has 0 spiro atoms. The lowest BCUT2D eigenvalue weighted by atomic mass is 9.98. The van der Waals surface area contributed by atoms with E-state index in [9.17, 15) is 13.2 Å². The van der Waals surface area contributed by atoms with E-state index in [2.05, 4.69) is 22.0 Å². The smallest absolute Gasteiger partial charge is 0.414 e. The van der Waals surface area contributed by atoms with Gasteiger partial charge in [0.25, 0.3) is 5.95 Å². The Hall–Kier alpha value is -3.23. The van der Waals surface area contributed by atoms with Crippen molar-refractivity contribution in [2.75, 3.05) is 60.6 Å². The van der Waals surface area contributed by atoms with Crippen molar-refractivity contribution < 1.29 is 22.4 Å². The standard InChI is InChI=1S/C23H29N5O5S/c1-17-7-9-27(10-8-17)21-15-18(26-11-13-28(14-12-26)34(2,30)31)3-5-20(21)25-23(29)33-22-6-4-19(16-24)32-22/h3-6,15,17H,7-14H2,1-2H3,(H,25,29). The molecule has 2 fully saturated rings. The second kappa shape index (κ2) is 9.95. The van der Waals surface area contributed by atoms with E-state index in [0.29, 0.717) is 37.8 Å². The summed E-state index contributed by atoms with van der Waals surface area (Å²) in [7, 11) is -3.20. The van der Waals surface area contributed by atoms with E-state index in [4.69, 9.17) is 14.4 Å². The van der Waals surface area contributed by atoms with E-state index in [1.54, 1.807) is 0 Å². The lowest BCUT2D eigenvalue weighted by molar-refractivity contribution is 0.202. The Labute approximate surface area is 199 Å². The summed E-state index contributed by atoms with van der Waals surface area (Å²) in [5.41, 5.74) is 2.49. The summed E-state index contributed by atoms with van der Waals surface area (Å²) in [6, 6.07) is 10.5. The van der Waals surface area contributed by atoms with E-state index < -0.39 is 16.1 Å². The zero-order chi connectivity index (χ0) is 24.3. The SMILES string of the molecule is CC1CCN(c2cc(N3CCN(S(C)(=O)=O)CC3)ccc2NC(=O)Oc2ccc(C#N)o2)CC1. The Bertz CT molecular complexity index is 1170. The van der Waals surface area contributed by atoms with Crippen LogP contribution in [0.5, 0.6) is 5.95 Å². The number of nitrogens with zero attached hydrogens (tertiary/aromatic N) is 4. The number of hydrogen-bond donors (Lipinski definition) is 1. The zero-order valence-corrected chi connectivity index (χ0v) is 20.2. The van der Waals surface area contributed by atoms with Gasteiger partial charge in [0.15, 0.2) is 0 Å². The second-order valence-corrected chi connectivity index (χ2v) is 10.7. The van der Waals surface area contributed by atoms with Gasteiger partial charge in [-0.1, -0.05) is 6.92 Å². The molecule has 1 amide bonds. The fourth-order valence-electron chi connectivity index (χ4n) is 4.27. The van der Waals surface area contributed by atoms with Gasteiger partial charge in [-0.15, -0.1) is 0 Å². The van der Waals surface area contributed by atoms with Crippen LogP contribution in [-0.2, 0) is 10.0 Å². The number of anilines is 3. The van der Waals surface area contributed by atoms with Gasteiger partial charge < -0.3 is 19.0 Å². The highest BCUT2D eigenvalue weighted by Gasteiger charge is 2.25. The van der Waals surface area contributed by atoms with Crippen molar-refractivity contribution in [3.8, 4) is 12.0 Å². The minimum absolute atomic E-state index is 0.0530. The predicted molar refractivity (Wildman–Crippen MR) is 129 cm³/mol. The average molecular weight is 488 g/mol. The molecule has 0 radical (unpaired) electrons. The predicted octanol–water partition coefficient (Wildman–Crippen LogP) is 3.08. The number of sulfonamides is 1. The lowest BCUT2D eigenvalue weighted by Gasteiger charge is -2.37. The molecule has 2 aliphatic heterocycles. The Balaban J connectivity index is 1.52. The monoisotopic (exact) mass is 487 g/mol. The zero-order valence-electron chi connectivity index (χ0n) is 19.4. The van der Waals surface area contributed by atoms with Crippen LogP contribution in [0.4, 0.5) is 21.9 Å². The Morgan fingerprint density at radius 2 is 1.79 bits per heavy atom. The summed E-state index contributed by atoms with van der Waals surface area (Å²) >= 11 is 0. The topological polar surface area (TPSA) is 119 Å². The maximum Gasteiger partial charge on any atom is 0.419 e. The Morgan fingerprint density at radius 3 is 2.41 bits per heavy atom. The summed E-state index contributed by atoms with van der Waals surface area (Å²) in [4.78, 5) is 16.9. The third-order valence-electron chi connectivity index (χ3n) is 6.30. The second-order valence-electron chi connectivity index (χ2n) is 8.77. The molecule has 2 saturated heterocycles. The maximum atomic E-state index is 12.5. The molecule has 3 heterocycles. The number of ether oxygens (including phenoxy) is 1. The van der Waals surface area contributed by atoms with Crippen LogP contribution in [0.15, 0.2) is 34.7 Å². The van der Waals surface area contributed by atoms with Gasteiger partial charge in [0, 0.05) is 51.0 Å². The minimum atomic E-state index is -3.20. The molecule has 2 aromatic rings. The number of furan rings is 1. The van der Waals surface area contributed by atoms with Crippen molar-refractivity contribution in [1.29, 1.82) is 5.26 Å². The number of hydrogen-bond acceptors (Lipinski definition) is 8. The summed E-state index contributed by atoms with van der Waals surface area (Å²) in [6.07, 6.45) is 2.65. The maximum absolute atomic E-state index is 12.5. The van der Waals surface area contributed by atoms with Gasteiger partial charge >= 0.3 is 6.09 Å². The molecule has 0 aliphatic carbocycles. The number of amides is 1. The van der Waals surface area contributed by atoms with Gasteiger partial charge in [0.05, 0.1) is 17.6 Å². The van der Waals surface area contributed by atoms with Crippen LogP contribution < -0.4 is 19.9 Å².